The average molecular weight is 865 g/mol. The molecule has 2 atom stereocenters. The first-order chi connectivity index (χ1) is 30.1. The van der Waals surface area contributed by atoms with Crippen LogP contribution in [-0.2, 0) is 28.6 Å². The standard InChI is InChI=1S/C54H89NO7/c1-6-8-10-12-14-16-18-20-22-23-24-25-26-27-28-29-31-32-34-36-38-40-42-44-52(56)61-49-50(48-60-47-46-51(54(58)59)55(3,4)5)62-53(57)45-43-41-39-37-35-33-30-21-19-17-15-13-11-9-7-2/h8-11,13-17,19-22,30,33,35,50-51H,6-7,12,18,23-29,31-32,34,36-49H2,1-5H3/p+1/b10-8+,11-9+,15-13+,16-14+,19-17+,22-20+,30-21+,35-33+. The highest BCUT2D eigenvalue weighted by atomic mass is 16.6. The summed E-state index contributed by atoms with van der Waals surface area (Å²) in [6, 6.07) is -0.628. The van der Waals surface area contributed by atoms with Gasteiger partial charge in [0, 0.05) is 19.3 Å². The van der Waals surface area contributed by atoms with Crippen LogP contribution in [0.1, 0.15) is 174 Å². The highest BCUT2D eigenvalue weighted by Gasteiger charge is 2.31. The number of nitrogens with zero attached hydrogens (tertiary/aromatic N) is 1. The fourth-order valence-electron chi connectivity index (χ4n) is 6.66. The zero-order chi connectivity index (χ0) is 45.6. The van der Waals surface area contributed by atoms with Gasteiger partial charge in [-0.05, 0) is 64.2 Å². The number of carbonyl (C=O) groups is 3. The van der Waals surface area contributed by atoms with E-state index in [9.17, 15) is 19.5 Å². The molecule has 1 N–H and O–H groups in total. The molecule has 0 radical (unpaired) electrons. The minimum Gasteiger partial charge on any atom is -0.477 e. The number of carboxylic acids is 1. The molecule has 0 aromatic heterocycles. The second-order valence-electron chi connectivity index (χ2n) is 17.1. The molecule has 0 heterocycles. The van der Waals surface area contributed by atoms with E-state index >= 15 is 0 Å². The summed E-state index contributed by atoms with van der Waals surface area (Å²) >= 11 is 0. The molecular weight excluding hydrogens is 775 g/mol. The topological polar surface area (TPSA) is 99.1 Å². The maximum atomic E-state index is 12.7. The molecule has 0 spiro atoms. The first-order valence-electron chi connectivity index (χ1n) is 24.3. The van der Waals surface area contributed by atoms with Crippen molar-refractivity contribution in [3.05, 3.63) is 97.2 Å². The molecular formula is C54H90NO7+. The number of aliphatic carboxylic acids is 1. The maximum Gasteiger partial charge on any atom is 0.362 e. The van der Waals surface area contributed by atoms with Crippen LogP contribution in [0, 0.1) is 0 Å². The first-order valence-corrected chi connectivity index (χ1v) is 24.3. The normalized spacial score (nSPS) is 13.8. The zero-order valence-corrected chi connectivity index (χ0v) is 40.0. The Bertz CT molecular complexity index is 1330. The van der Waals surface area contributed by atoms with Crippen LogP contribution >= 0.6 is 0 Å². The lowest BCUT2D eigenvalue weighted by Gasteiger charge is -2.31. The molecule has 0 bridgehead atoms. The Hall–Kier alpha value is -3.75. The number of ether oxygens (including phenoxy) is 3. The SMILES string of the molecule is CC/C=C/C=C/C=C/C=C/C=C/CCCCCC(=O)OC(COCCC(C(=O)O)[N+](C)(C)C)COC(=O)CCCCCCCCCCCCCCC/C=C/C/C=C/C/C=C/CC. The Morgan fingerprint density at radius 2 is 0.935 bits per heavy atom. The van der Waals surface area contributed by atoms with E-state index in [0.29, 0.717) is 19.3 Å². The Balaban J connectivity index is 4.28. The Kier molecular flexibility index (Phi) is 41.2. The summed E-state index contributed by atoms with van der Waals surface area (Å²) in [6.45, 7) is 4.43. The predicted octanol–water partition coefficient (Wildman–Crippen LogP) is 13.9. The highest BCUT2D eigenvalue weighted by molar-refractivity contribution is 5.72. The molecule has 0 fully saturated rings. The van der Waals surface area contributed by atoms with Gasteiger partial charge in [-0.15, -0.1) is 0 Å². The van der Waals surface area contributed by atoms with Gasteiger partial charge < -0.3 is 23.8 Å². The molecule has 8 heteroatoms. The summed E-state index contributed by atoms with van der Waals surface area (Å²) in [5.41, 5.74) is 0. The molecule has 2 unspecified atom stereocenters. The van der Waals surface area contributed by atoms with E-state index in [2.05, 4.69) is 62.5 Å². The van der Waals surface area contributed by atoms with E-state index in [0.717, 1.165) is 64.2 Å². The second-order valence-corrected chi connectivity index (χ2v) is 17.1. The number of unbranched alkanes of at least 4 members (excludes halogenated alkanes) is 16. The van der Waals surface area contributed by atoms with Crippen molar-refractivity contribution < 1.29 is 38.2 Å². The zero-order valence-electron chi connectivity index (χ0n) is 40.0. The summed E-state index contributed by atoms with van der Waals surface area (Å²) in [7, 11) is 5.50. The lowest BCUT2D eigenvalue weighted by Crippen LogP contribution is -2.50. The summed E-state index contributed by atoms with van der Waals surface area (Å²) in [4.78, 5) is 37.1. The third-order valence-electron chi connectivity index (χ3n) is 10.4. The monoisotopic (exact) mass is 865 g/mol. The number of rotatable bonds is 42. The number of carbonyl (C=O) groups excluding carboxylic acids is 2. The third kappa shape index (κ3) is 41.6. The van der Waals surface area contributed by atoms with Crippen molar-refractivity contribution in [1.82, 2.24) is 0 Å². The van der Waals surface area contributed by atoms with Gasteiger partial charge in [-0.2, -0.15) is 0 Å². The Morgan fingerprint density at radius 3 is 1.47 bits per heavy atom. The summed E-state index contributed by atoms with van der Waals surface area (Å²) in [5, 5.41) is 9.64. The fourth-order valence-corrected chi connectivity index (χ4v) is 6.66. The van der Waals surface area contributed by atoms with Gasteiger partial charge in [0.05, 0.1) is 34.4 Å². The number of hydrogen-bond donors (Lipinski definition) is 1. The highest BCUT2D eigenvalue weighted by Crippen LogP contribution is 2.15. The second kappa shape index (κ2) is 43.9. The summed E-state index contributed by atoms with van der Waals surface area (Å²) < 4.78 is 17.3. The van der Waals surface area contributed by atoms with E-state index in [1.807, 2.05) is 69.8 Å². The number of quaternary nitrogens is 1. The van der Waals surface area contributed by atoms with Gasteiger partial charge in [0.25, 0.3) is 0 Å². The minimum atomic E-state index is -0.886. The minimum absolute atomic E-state index is 0.0381. The first kappa shape index (κ1) is 58.2. The molecule has 0 aromatic carbocycles. The van der Waals surface area contributed by atoms with E-state index in [1.54, 1.807) is 0 Å². The lowest BCUT2D eigenvalue weighted by atomic mass is 10.0. The van der Waals surface area contributed by atoms with Crippen molar-refractivity contribution in [3.8, 4) is 0 Å². The van der Waals surface area contributed by atoms with Crippen LogP contribution < -0.4 is 0 Å². The van der Waals surface area contributed by atoms with Crippen LogP contribution in [0.2, 0.25) is 0 Å². The molecule has 0 aliphatic heterocycles. The van der Waals surface area contributed by atoms with Crippen molar-refractivity contribution >= 4 is 17.9 Å². The molecule has 0 aliphatic carbocycles. The van der Waals surface area contributed by atoms with Crippen molar-refractivity contribution in [2.24, 2.45) is 0 Å². The van der Waals surface area contributed by atoms with Gasteiger partial charge in [-0.1, -0.05) is 188 Å². The molecule has 0 aromatic rings. The number of likely N-dealkylation sites (N-methyl/N-ethyl adjacent to an activating group) is 1. The van der Waals surface area contributed by atoms with Crippen molar-refractivity contribution in [3.63, 3.8) is 0 Å². The summed E-state index contributed by atoms with van der Waals surface area (Å²) in [5.74, 6) is -1.53. The quantitative estimate of drug-likeness (QED) is 0.0214. The molecule has 0 saturated carbocycles. The van der Waals surface area contributed by atoms with E-state index < -0.39 is 18.1 Å². The molecule has 352 valence electrons. The van der Waals surface area contributed by atoms with Crippen LogP contribution in [0.4, 0.5) is 0 Å². The smallest absolute Gasteiger partial charge is 0.362 e. The maximum absolute atomic E-state index is 12.7. The third-order valence-corrected chi connectivity index (χ3v) is 10.4. The number of esters is 2. The lowest BCUT2D eigenvalue weighted by molar-refractivity contribution is -0.887. The van der Waals surface area contributed by atoms with Crippen LogP contribution in [0.25, 0.3) is 0 Å². The van der Waals surface area contributed by atoms with E-state index in [1.165, 1.54) is 70.6 Å². The van der Waals surface area contributed by atoms with Crippen LogP contribution in [0.3, 0.4) is 0 Å². The number of hydrogen-bond acceptors (Lipinski definition) is 6. The van der Waals surface area contributed by atoms with Gasteiger partial charge in [-0.3, -0.25) is 9.59 Å². The molecule has 0 saturated heterocycles. The van der Waals surface area contributed by atoms with Gasteiger partial charge in [0.15, 0.2) is 12.1 Å². The van der Waals surface area contributed by atoms with Gasteiger partial charge in [0.2, 0.25) is 0 Å². The number of allylic oxidation sites excluding steroid dienone is 16. The van der Waals surface area contributed by atoms with Crippen LogP contribution in [0.15, 0.2) is 97.2 Å². The van der Waals surface area contributed by atoms with Crippen LogP contribution in [-0.4, -0.2) is 80.6 Å². The Morgan fingerprint density at radius 1 is 0.500 bits per heavy atom. The van der Waals surface area contributed by atoms with Gasteiger partial charge in [0.1, 0.15) is 6.61 Å². The van der Waals surface area contributed by atoms with Crippen LogP contribution in [0.5, 0.6) is 0 Å². The molecule has 8 nitrogen and oxygen atoms in total. The van der Waals surface area contributed by atoms with Gasteiger partial charge in [-0.25, -0.2) is 4.79 Å². The fraction of sp³-hybridized carbons (Fsp3) is 0.648. The number of carboxylic acid groups (broad SMARTS) is 1. The van der Waals surface area contributed by atoms with Crippen molar-refractivity contribution in [2.75, 3.05) is 41.0 Å². The molecule has 62 heavy (non-hydrogen) atoms. The molecule has 0 aliphatic rings. The average Bonchev–Trinajstić information content (AvgIpc) is 3.23. The Labute approximate surface area is 379 Å². The van der Waals surface area contributed by atoms with E-state index in [-0.39, 0.29) is 42.7 Å². The predicted molar refractivity (Wildman–Crippen MR) is 261 cm³/mol. The van der Waals surface area contributed by atoms with Gasteiger partial charge >= 0.3 is 17.9 Å². The molecule has 0 rings (SSSR count). The van der Waals surface area contributed by atoms with Crippen molar-refractivity contribution in [1.29, 1.82) is 0 Å². The largest absolute Gasteiger partial charge is 0.477 e. The van der Waals surface area contributed by atoms with E-state index in [4.69, 9.17) is 14.2 Å². The summed E-state index contributed by atoms with van der Waals surface area (Å²) in [6.07, 6.45) is 58.9. The molecule has 0 amide bonds. The van der Waals surface area contributed by atoms with Crippen molar-refractivity contribution in [2.45, 2.75) is 187 Å².